The van der Waals surface area contributed by atoms with Gasteiger partial charge in [-0.25, -0.2) is 0 Å². The number of aromatic nitrogens is 2. The minimum Gasteiger partial charge on any atom is -0.395 e. The average Bonchev–Trinajstić information content (AvgIpc) is 2.97. The van der Waals surface area contributed by atoms with Crippen molar-refractivity contribution in [2.24, 2.45) is 0 Å². The largest absolute Gasteiger partial charge is 0.395 e. The van der Waals surface area contributed by atoms with Gasteiger partial charge in [0, 0.05) is 17.4 Å². The molecule has 1 heterocycles. The molecule has 0 aliphatic rings. The van der Waals surface area contributed by atoms with Gasteiger partial charge in [0.1, 0.15) is 0 Å². The van der Waals surface area contributed by atoms with Crippen LogP contribution in [-0.4, -0.2) is 27.2 Å². The Kier molecular flexibility index (Phi) is 5.07. The maximum atomic E-state index is 11.9. The predicted octanol–water partition coefficient (Wildman–Crippen LogP) is 2.18. The van der Waals surface area contributed by atoms with E-state index in [1.807, 2.05) is 0 Å². The van der Waals surface area contributed by atoms with Gasteiger partial charge in [0.05, 0.1) is 17.3 Å². The van der Waals surface area contributed by atoms with Crippen LogP contribution in [0.5, 0.6) is 0 Å². The summed E-state index contributed by atoms with van der Waals surface area (Å²) in [4.78, 5) is 11.9. The maximum absolute atomic E-state index is 11.9. The molecule has 0 radical (unpaired) electrons. The number of carbonyl (C=O) groups excluding carboxylic acids is 1. The molecule has 0 fully saturated rings. The molecule has 1 amide bonds. The van der Waals surface area contributed by atoms with Gasteiger partial charge in [0.2, 0.25) is 0 Å². The lowest BCUT2D eigenvalue weighted by Gasteiger charge is -2.05. The zero-order valence-electron chi connectivity index (χ0n) is 10.3. The number of carbonyl (C=O) groups is 1. The number of amides is 1. The molecule has 0 saturated heterocycles. The number of hydrogen-bond acceptors (Lipinski definition) is 5. The zero-order valence-corrected chi connectivity index (χ0v) is 11.8. The minimum atomic E-state index is -0.374. The monoisotopic (exact) mass is 307 g/mol. The molecule has 2 rings (SSSR count). The Bertz CT molecular complexity index is 662. The fourth-order valence-corrected chi connectivity index (χ4v) is 1.97. The smallest absolute Gasteiger partial charge is 0.277 e. The van der Waals surface area contributed by atoms with E-state index in [2.05, 4.69) is 26.7 Å². The highest BCUT2D eigenvalue weighted by Crippen LogP contribution is 2.23. The average molecular weight is 308 g/mol. The van der Waals surface area contributed by atoms with Crippen LogP contribution in [0.25, 0.3) is 0 Å². The van der Waals surface area contributed by atoms with Gasteiger partial charge in [-0.3, -0.25) is 4.79 Å². The van der Waals surface area contributed by atoms with E-state index in [9.17, 15) is 4.79 Å². The molecule has 0 aliphatic carbocycles. The highest BCUT2D eigenvalue weighted by atomic mass is 35.5. The van der Waals surface area contributed by atoms with Gasteiger partial charge in [0.25, 0.3) is 5.91 Å². The fraction of sp³-hybridized carbons (Fsp3) is 0.154. The summed E-state index contributed by atoms with van der Waals surface area (Å²) in [6.07, 6.45) is 0.398. The first-order valence-corrected chi connectivity index (χ1v) is 6.90. The van der Waals surface area contributed by atoms with E-state index < -0.39 is 0 Å². The fourth-order valence-electron chi connectivity index (χ4n) is 1.37. The van der Waals surface area contributed by atoms with E-state index in [4.69, 9.17) is 16.7 Å². The third-order valence-electron chi connectivity index (χ3n) is 2.28. The lowest BCUT2D eigenvalue weighted by Crippen LogP contribution is -2.12. The summed E-state index contributed by atoms with van der Waals surface area (Å²) >= 11 is 7.13. The van der Waals surface area contributed by atoms with E-state index >= 15 is 0 Å². The number of nitrogens with one attached hydrogen (secondary N) is 1. The molecule has 0 saturated carbocycles. The highest BCUT2D eigenvalue weighted by molar-refractivity contribution is 7.03. The third-order valence-corrected chi connectivity index (χ3v) is 3.11. The Labute approximate surface area is 124 Å². The molecule has 0 bridgehead atoms. The normalized spacial score (nSPS) is 9.70. The van der Waals surface area contributed by atoms with Gasteiger partial charge in [0.15, 0.2) is 5.69 Å². The molecule has 2 N–H and O–H groups in total. The maximum Gasteiger partial charge on any atom is 0.277 e. The standard InChI is InChI=1S/C13H10ClN3O2S/c14-10-5-4-9(3-1-2-6-18)7-11(10)15-13(19)12-8-20-17-16-12/h4-5,7-8,18H,2,6H2,(H,15,19). The van der Waals surface area contributed by atoms with Gasteiger partial charge in [-0.2, -0.15) is 0 Å². The van der Waals surface area contributed by atoms with Gasteiger partial charge < -0.3 is 10.4 Å². The van der Waals surface area contributed by atoms with E-state index in [-0.39, 0.29) is 18.2 Å². The number of aliphatic hydroxyl groups excluding tert-OH is 1. The Morgan fingerprint density at radius 1 is 1.50 bits per heavy atom. The first-order chi connectivity index (χ1) is 9.70. The van der Waals surface area contributed by atoms with Gasteiger partial charge in [-0.15, -0.1) is 5.10 Å². The molecule has 20 heavy (non-hydrogen) atoms. The molecule has 1 aromatic heterocycles. The second-order valence-corrected chi connectivity index (χ2v) is 4.73. The first kappa shape index (κ1) is 14.5. The molecule has 0 atom stereocenters. The van der Waals surface area contributed by atoms with Crippen molar-refractivity contribution in [3.05, 3.63) is 39.9 Å². The van der Waals surface area contributed by atoms with Crippen molar-refractivity contribution in [2.45, 2.75) is 6.42 Å². The van der Waals surface area contributed by atoms with Crippen LogP contribution in [0.4, 0.5) is 5.69 Å². The molecule has 1 aromatic carbocycles. The molecular weight excluding hydrogens is 298 g/mol. The third kappa shape index (κ3) is 3.78. The number of benzene rings is 1. The van der Waals surface area contributed by atoms with Crippen LogP contribution in [0, 0.1) is 11.8 Å². The molecule has 0 spiro atoms. The summed E-state index contributed by atoms with van der Waals surface area (Å²) in [6.45, 7) is 0.0149. The summed E-state index contributed by atoms with van der Waals surface area (Å²) in [5.74, 6) is 5.30. The van der Waals surface area contributed by atoms with Gasteiger partial charge >= 0.3 is 0 Å². The molecular formula is C13H10ClN3O2S. The Hall–Kier alpha value is -1.94. The highest BCUT2D eigenvalue weighted by Gasteiger charge is 2.11. The number of anilines is 1. The Morgan fingerprint density at radius 2 is 2.35 bits per heavy atom. The van der Waals surface area contributed by atoms with Crippen LogP contribution in [0.1, 0.15) is 22.5 Å². The van der Waals surface area contributed by atoms with Crippen molar-refractivity contribution in [1.29, 1.82) is 0 Å². The number of rotatable bonds is 3. The number of nitrogens with zero attached hydrogens (tertiary/aromatic N) is 2. The first-order valence-electron chi connectivity index (χ1n) is 5.68. The summed E-state index contributed by atoms with van der Waals surface area (Å²) < 4.78 is 3.63. The van der Waals surface area contributed by atoms with E-state index in [0.29, 0.717) is 22.7 Å². The minimum absolute atomic E-state index is 0.0149. The topological polar surface area (TPSA) is 75.1 Å². The second kappa shape index (κ2) is 7.01. The van der Waals surface area contributed by atoms with Crippen LogP contribution >= 0.6 is 23.1 Å². The lowest BCUT2D eigenvalue weighted by atomic mass is 10.2. The van der Waals surface area contributed by atoms with Crippen molar-refractivity contribution in [3.8, 4) is 11.8 Å². The van der Waals surface area contributed by atoms with Crippen LogP contribution < -0.4 is 5.32 Å². The van der Waals surface area contributed by atoms with E-state index in [0.717, 1.165) is 11.5 Å². The molecule has 0 unspecified atom stereocenters. The van der Waals surface area contributed by atoms with E-state index in [1.165, 1.54) is 0 Å². The molecule has 102 valence electrons. The van der Waals surface area contributed by atoms with Crippen molar-refractivity contribution in [2.75, 3.05) is 11.9 Å². The second-order valence-electron chi connectivity index (χ2n) is 3.71. The molecule has 0 aliphatic heterocycles. The van der Waals surface area contributed by atoms with Crippen LogP contribution in [0.2, 0.25) is 5.02 Å². The van der Waals surface area contributed by atoms with E-state index in [1.54, 1.807) is 23.6 Å². The van der Waals surface area contributed by atoms with Crippen molar-refractivity contribution < 1.29 is 9.90 Å². The Morgan fingerprint density at radius 3 is 3.05 bits per heavy atom. The van der Waals surface area contributed by atoms with Crippen molar-refractivity contribution in [3.63, 3.8) is 0 Å². The van der Waals surface area contributed by atoms with Crippen LogP contribution in [-0.2, 0) is 0 Å². The van der Waals surface area contributed by atoms with Crippen LogP contribution in [0.15, 0.2) is 23.6 Å². The van der Waals surface area contributed by atoms with Gasteiger partial charge in [-0.1, -0.05) is 27.9 Å². The number of hydrogen-bond donors (Lipinski definition) is 2. The number of halogens is 1. The van der Waals surface area contributed by atoms with Gasteiger partial charge in [-0.05, 0) is 29.7 Å². The van der Waals surface area contributed by atoms with Crippen LogP contribution in [0.3, 0.4) is 0 Å². The summed E-state index contributed by atoms with van der Waals surface area (Å²) in [5.41, 5.74) is 1.40. The van der Waals surface area contributed by atoms with Crippen molar-refractivity contribution >= 4 is 34.7 Å². The zero-order chi connectivity index (χ0) is 14.4. The quantitative estimate of drug-likeness (QED) is 0.852. The molecule has 7 heteroatoms. The Balaban J connectivity index is 2.17. The number of aliphatic hydroxyl groups is 1. The lowest BCUT2D eigenvalue weighted by molar-refractivity contribution is 0.102. The summed E-state index contributed by atoms with van der Waals surface area (Å²) in [7, 11) is 0. The predicted molar refractivity (Wildman–Crippen MR) is 77.9 cm³/mol. The summed E-state index contributed by atoms with van der Waals surface area (Å²) in [5, 5.41) is 17.0. The molecule has 2 aromatic rings. The SMILES string of the molecule is O=C(Nc1cc(C#CCCO)ccc1Cl)c1csnn1. The summed E-state index contributed by atoms with van der Waals surface area (Å²) in [6, 6.07) is 5.07. The molecule has 5 nitrogen and oxygen atoms in total. The van der Waals surface area contributed by atoms with Crippen molar-refractivity contribution in [1.82, 2.24) is 9.59 Å².